The minimum Gasteiger partial charge on any atom is -0.494 e. The molecule has 0 atom stereocenters. The summed E-state index contributed by atoms with van der Waals surface area (Å²) in [5.41, 5.74) is 15.4. The maximum atomic E-state index is 13.8. The molecule has 0 fully saturated rings. The topological polar surface area (TPSA) is 252 Å². The molecular weight excluding hydrogens is 797 g/mol. The minimum absolute atomic E-state index is 0.135. The van der Waals surface area contributed by atoms with Crippen molar-refractivity contribution in [3.05, 3.63) is 113 Å². The molecule has 62 heavy (non-hydrogen) atoms. The number of rotatable bonds is 18. The van der Waals surface area contributed by atoms with Crippen molar-refractivity contribution in [3.63, 3.8) is 0 Å². The van der Waals surface area contributed by atoms with Gasteiger partial charge in [-0.2, -0.15) is 15.3 Å². The summed E-state index contributed by atoms with van der Waals surface area (Å²) in [5.74, 6) is -1.28. The van der Waals surface area contributed by atoms with Crippen LogP contribution in [0, 0.1) is 13.8 Å². The van der Waals surface area contributed by atoms with Crippen molar-refractivity contribution in [1.29, 1.82) is 0 Å². The van der Waals surface area contributed by atoms with Crippen molar-refractivity contribution in [3.8, 4) is 11.5 Å². The standard InChI is InChI=1S/C42H46N14O6/c1-6-55-31(19-25(3)50-55)39(59)48-41-46-29-21-27(37(43)57)23-33(61-5)35(29)53(41)16-8-9-17-54-36-30(47-42(54)49-40(60)32-20-26(4)51-56(32)7-2)22-28(38(44)58)24-34(36)62-18-11-10-14-52-15-12-13-45-52/h8-13,15,19-24H,6-7,14,16-18H2,1-5H3,(H2,43,57)(H2,44,58)(H,46,48,59)(H,47,49,60)/b9-8+,11-10+. The first-order chi connectivity index (χ1) is 29.9. The van der Waals surface area contributed by atoms with Crippen LogP contribution in [0.1, 0.15) is 66.9 Å². The molecule has 20 heteroatoms. The number of hydrogen-bond acceptors (Lipinski definition) is 11. The molecule has 6 N–H and O–H groups in total. The number of carbonyl (C=O) groups is 4. The lowest BCUT2D eigenvalue weighted by Crippen LogP contribution is -2.20. The van der Waals surface area contributed by atoms with Crippen LogP contribution in [0.4, 0.5) is 11.9 Å². The Bertz CT molecular complexity index is 2880. The number of ether oxygens (including phenoxy) is 2. The lowest BCUT2D eigenvalue weighted by atomic mass is 10.1. The largest absolute Gasteiger partial charge is 0.494 e. The van der Waals surface area contributed by atoms with E-state index in [4.69, 9.17) is 25.9 Å². The molecule has 320 valence electrons. The first-order valence-electron chi connectivity index (χ1n) is 19.7. The zero-order valence-corrected chi connectivity index (χ0v) is 34.8. The first kappa shape index (κ1) is 42.1. The number of imidazole rings is 2. The molecule has 0 radical (unpaired) electrons. The molecule has 0 saturated carbocycles. The van der Waals surface area contributed by atoms with Gasteiger partial charge in [0.05, 0.1) is 36.1 Å². The van der Waals surface area contributed by atoms with Crippen LogP contribution in [0.2, 0.25) is 0 Å². The maximum Gasteiger partial charge on any atom is 0.276 e. The summed E-state index contributed by atoms with van der Waals surface area (Å²) >= 11 is 0. The molecule has 0 saturated heterocycles. The van der Waals surface area contributed by atoms with Gasteiger partial charge in [0.2, 0.25) is 23.7 Å². The summed E-state index contributed by atoms with van der Waals surface area (Å²) in [4.78, 5) is 61.6. The second kappa shape index (κ2) is 18.1. The van der Waals surface area contributed by atoms with Crippen molar-refractivity contribution >= 4 is 57.6 Å². The summed E-state index contributed by atoms with van der Waals surface area (Å²) in [7, 11) is 1.46. The highest BCUT2D eigenvalue weighted by Gasteiger charge is 2.23. The van der Waals surface area contributed by atoms with Crippen molar-refractivity contribution in [2.24, 2.45) is 11.5 Å². The number of benzene rings is 2. The number of anilines is 2. The predicted octanol–water partition coefficient (Wildman–Crippen LogP) is 4.23. The van der Waals surface area contributed by atoms with Crippen molar-refractivity contribution in [2.75, 3.05) is 24.4 Å². The second-order valence-electron chi connectivity index (χ2n) is 14.1. The van der Waals surface area contributed by atoms with Gasteiger partial charge in [-0.05, 0) is 76.2 Å². The van der Waals surface area contributed by atoms with E-state index < -0.39 is 23.6 Å². The second-order valence-corrected chi connectivity index (χ2v) is 14.1. The van der Waals surface area contributed by atoms with Gasteiger partial charge in [-0.1, -0.05) is 18.2 Å². The number of nitrogens with one attached hydrogen (secondary N) is 2. The minimum atomic E-state index is -0.684. The maximum absolute atomic E-state index is 13.8. The van der Waals surface area contributed by atoms with Crippen LogP contribution in [-0.4, -0.2) is 85.8 Å². The third kappa shape index (κ3) is 8.79. The van der Waals surface area contributed by atoms with E-state index in [0.29, 0.717) is 76.0 Å². The van der Waals surface area contributed by atoms with Crippen molar-refractivity contribution in [2.45, 2.75) is 60.4 Å². The highest BCUT2D eigenvalue weighted by molar-refractivity contribution is 6.05. The van der Waals surface area contributed by atoms with Crippen LogP contribution in [-0.2, 0) is 32.7 Å². The molecule has 2 aromatic carbocycles. The molecule has 0 aliphatic heterocycles. The predicted molar refractivity (Wildman–Crippen MR) is 230 cm³/mol. The summed E-state index contributed by atoms with van der Waals surface area (Å²) in [5, 5.41) is 18.9. The first-order valence-corrected chi connectivity index (χ1v) is 19.7. The van der Waals surface area contributed by atoms with Gasteiger partial charge in [0, 0.05) is 49.7 Å². The Labute approximate surface area is 354 Å². The number of nitrogens with zero attached hydrogens (tertiary/aromatic N) is 10. The zero-order chi connectivity index (χ0) is 44.1. The van der Waals surface area contributed by atoms with Crippen LogP contribution < -0.4 is 31.6 Å². The fourth-order valence-electron chi connectivity index (χ4n) is 6.98. The average Bonchev–Trinajstić information content (AvgIpc) is 4.09. The van der Waals surface area contributed by atoms with E-state index in [1.807, 2.05) is 50.4 Å². The summed E-state index contributed by atoms with van der Waals surface area (Å²) < 4.78 is 20.4. The van der Waals surface area contributed by atoms with Crippen molar-refractivity contribution < 1.29 is 28.7 Å². The van der Waals surface area contributed by atoms with Gasteiger partial charge in [-0.25, -0.2) is 9.97 Å². The van der Waals surface area contributed by atoms with Gasteiger partial charge in [-0.3, -0.25) is 43.9 Å². The number of aromatic nitrogens is 10. The number of amides is 4. The fourth-order valence-corrected chi connectivity index (χ4v) is 6.98. The normalized spacial score (nSPS) is 11.6. The lowest BCUT2D eigenvalue weighted by molar-refractivity contribution is 0.0991. The smallest absolute Gasteiger partial charge is 0.276 e. The van der Waals surface area contributed by atoms with Gasteiger partial charge in [0.25, 0.3) is 11.8 Å². The molecule has 7 rings (SSSR count). The van der Waals surface area contributed by atoms with Gasteiger partial charge in [-0.15, -0.1) is 0 Å². The van der Waals surface area contributed by atoms with Crippen LogP contribution in [0.25, 0.3) is 22.1 Å². The Morgan fingerprint density at radius 2 is 1.19 bits per heavy atom. The molecular formula is C42H46N14O6. The van der Waals surface area contributed by atoms with E-state index in [0.717, 1.165) is 0 Å². The van der Waals surface area contributed by atoms with Crippen LogP contribution in [0.3, 0.4) is 0 Å². The Morgan fingerprint density at radius 3 is 1.66 bits per heavy atom. The highest BCUT2D eigenvalue weighted by atomic mass is 16.5. The highest BCUT2D eigenvalue weighted by Crippen LogP contribution is 2.33. The summed E-state index contributed by atoms with van der Waals surface area (Å²) in [6.45, 7) is 9.27. The number of hydrogen-bond donors (Lipinski definition) is 4. The average molecular weight is 843 g/mol. The molecule has 20 nitrogen and oxygen atoms in total. The number of fused-ring (bicyclic) bond motifs is 2. The Hall–Kier alpha value is -8.03. The van der Waals surface area contributed by atoms with E-state index in [2.05, 4.69) is 30.9 Å². The molecule has 0 aliphatic rings. The third-order valence-electron chi connectivity index (χ3n) is 9.82. The van der Waals surface area contributed by atoms with Gasteiger partial charge in [0.1, 0.15) is 40.5 Å². The van der Waals surface area contributed by atoms with E-state index in [9.17, 15) is 19.2 Å². The summed E-state index contributed by atoms with van der Waals surface area (Å²) in [6, 6.07) is 11.3. The summed E-state index contributed by atoms with van der Waals surface area (Å²) in [6.07, 6.45) is 10.9. The third-order valence-corrected chi connectivity index (χ3v) is 9.82. The molecule has 0 spiro atoms. The molecule has 7 aromatic rings. The molecule has 5 heterocycles. The van der Waals surface area contributed by atoms with E-state index in [1.54, 1.807) is 67.5 Å². The molecule has 5 aromatic heterocycles. The van der Waals surface area contributed by atoms with Gasteiger partial charge in [0.15, 0.2) is 0 Å². The number of nitrogens with two attached hydrogens (primary N) is 2. The Morgan fingerprint density at radius 1 is 0.694 bits per heavy atom. The number of methoxy groups -OCH3 is 1. The molecule has 0 unspecified atom stereocenters. The molecule has 0 aliphatic carbocycles. The Balaban J connectivity index is 1.26. The molecule has 4 amide bonds. The number of carbonyl (C=O) groups excluding carboxylic acids is 4. The SMILES string of the molecule is CCn1nc(C)cc1C(=O)Nc1nc2cc(C(N)=O)cc(OC)c2n1C/C=C/Cn1c(NC(=O)c2cc(C)nn2CC)nc2cc(C(N)=O)cc(OC/C=C/Cn3cccn3)c21. The molecule has 0 bridgehead atoms. The lowest BCUT2D eigenvalue weighted by Gasteiger charge is -2.13. The van der Waals surface area contributed by atoms with Gasteiger partial charge >= 0.3 is 0 Å². The van der Waals surface area contributed by atoms with Crippen LogP contribution in [0.5, 0.6) is 11.5 Å². The van der Waals surface area contributed by atoms with E-state index in [1.165, 1.54) is 19.2 Å². The quantitative estimate of drug-likeness (QED) is 0.0890. The zero-order valence-electron chi connectivity index (χ0n) is 34.8. The Kier molecular flexibility index (Phi) is 12.3. The van der Waals surface area contributed by atoms with Gasteiger partial charge < -0.3 is 30.1 Å². The van der Waals surface area contributed by atoms with Crippen LogP contribution in [0.15, 0.2) is 79.2 Å². The number of aryl methyl sites for hydroxylation is 4. The fraction of sp³-hybridized carbons (Fsp3) is 0.262. The van der Waals surface area contributed by atoms with E-state index in [-0.39, 0.29) is 42.7 Å². The number of primary amides is 2. The number of allylic oxidation sites excluding steroid dienone is 3. The van der Waals surface area contributed by atoms with Crippen LogP contribution >= 0.6 is 0 Å². The monoisotopic (exact) mass is 842 g/mol. The van der Waals surface area contributed by atoms with Crippen molar-refractivity contribution in [1.82, 2.24) is 48.4 Å². The van der Waals surface area contributed by atoms with E-state index >= 15 is 0 Å².